The molecule has 1 aliphatic carbocycles. The number of thiophene rings is 1. The molecule has 4 saturated heterocycles. The number of hydrogen-bond donors (Lipinski definition) is 1. The maximum absolute atomic E-state index is 13.0. The van der Waals surface area contributed by atoms with Crippen LogP contribution in [-0.2, 0) is 55.1 Å². The van der Waals surface area contributed by atoms with Crippen LogP contribution in [0.3, 0.4) is 0 Å². The second-order valence-electron chi connectivity index (χ2n) is 23.9. The van der Waals surface area contributed by atoms with Gasteiger partial charge in [0.1, 0.15) is 51.9 Å². The lowest BCUT2D eigenvalue weighted by Gasteiger charge is -2.40. The summed E-state index contributed by atoms with van der Waals surface area (Å²) in [5, 5.41) is 26.4. The van der Waals surface area contributed by atoms with Crippen molar-refractivity contribution in [1.82, 2.24) is 38.1 Å². The Morgan fingerprint density at radius 3 is 2.01 bits per heavy atom. The quantitative estimate of drug-likeness (QED) is 0.0945. The van der Waals surface area contributed by atoms with Crippen LogP contribution in [0.15, 0.2) is 60.8 Å². The van der Waals surface area contributed by atoms with Crippen molar-refractivity contribution in [2.24, 2.45) is 11.8 Å². The normalized spacial score (nSPS) is 20.6. The van der Waals surface area contributed by atoms with Crippen molar-refractivity contribution in [2.45, 2.75) is 136 Å². The largest absolute Gasteiger partial charge is 0.496 e. The molecule has 458 valence electrons. The SMILES string of the molecule is C=CS(=O)(=O)N1CC2CCC(C1)N2CCn1c(C#N)cc2c(C)c(CN3CCC(Nc4ncnc5sc(CC(F)(F)F)cc45)CC3)ccc21.CC(C)(C)OC(=O)N1CC2CCC(C2)C1.COc1ccc2c(cc(C#N)n2CCOS(C)(=O)=O)c1C. The minimum absolute atomic E-state index is 0.0115. The van der Waals surface area contributed by atoms with Crippen molar-refractivity contribution in [3.05, 3.63) is 93.7 Å². The molecule has 8 heterocycles. The predicted octanol–water partition coefficient (Wildman–Crippen LogP) is 10.1. The molecule has 4 aliphatic heterocycles. The Kier molecular flexibility index (Phi) is 19.3. The molecule has 1 amide bonds. The number of nitrogens with zero attached hydrogens (tertiary/aromatic N) is 10. The smallest absolute Gasteiger partial charge is 0.410 e. The summed E-state index contributed by atoms with van der Waals surface area (Å²) < 4.78 is 106. The number of methoxy groups -OCH3 is 1. The third kappa shape index (κ3) is 15.3. The summed E-state index contributed by atoms with van der Waals surface area (Å²) in [6.07, 6.45) is 4.63. The van der Waals surface area contributed by atoms with Crippen molar-refractivity contribution >= 4 is 75.4 Å². The van der Waals surface area contributed by atoms with Crippen molar-refractivity contribution in [3.8, 4) is 17.9 Å². The number of nitriles is 2. The fourth-order valence-electron chi connectivity index (χ4n) is 12.8. The van der Waals surface area contributed by atoms with E-state index in [1.807, 2.05) is 50.8 Å². The number of likely N-dealkylation sites (tertiary alicyclic amines) is 2. The van der Waals surface area contributed by atoms with Gasteiger partial charge in [-0.05, 0) is 139 Å². The van der Waals surface area contributed by atoms with Crippen LogP contribution in [0.1, 0.15) is 98.7 Å². The van der Waals surface area contributed by atoms with E-state index in [1.165, 1.54) is 31.2 Å². The average Bonchev–Trinajstić information content (AvgIpc) is 1.99. The summed E-state index contributed by atoms with van der Waals surface area (Å²) in [7, 11) is -5.32. The van der Waals surface area contributed by atoms with Gasteiger partial charge in [-0.1, -0.05) is 12.6 Å². The molecule has 25 heteroatoms. The molecule has 5 aliphatic rings. The summed E-state index contributed by atoms with van der Waals surface area (Å²) in [5.41, 5.74) is 5.90. The number of piperazine rings is 1. The molecular weight excluding hydrogens is 1160 g/mol. The van der Waals surface area contributed by atoms with Crippen molar-refractivity contribution in [3.63, 3.8) is 0 Å². The number of carbonyl (C=O) groups excluding carboxylic acids is 1. The summed E-state index contributed by atoms with van der Waals surface area (Å²) in [5.74, 6) is 2.80. The number of aromatic nitrogens is 4. The number of sulfonamides is 1. The van der Waals surface area contributed by atoms with E-state index in [1.54, 1.807) is 28.1 Å². The minimum Gasteiger partial charge on any atom is -0.496 e. The number of fused-ring (bicyclic) bond motifs is 7. The zero-order valence-electron chi connectivity index (χ0n) is 49.3. The number of carbonyl (C=O) groups is 1. The van der Waals surface area contributed by atoms with Crippen LogP contribution in [0.25, 0.3) is 32.0 Å². The zero-order valence-corrected chi connectivity index (χ0v) is 51.8. The Balaban J connectivity index is 0.000000195. The second kappa shape index (κ2) is 25.9. The highest BCUT2D eigenvalue weighted by molar-refractivity contribution is 7.92. The van der Waals surface area contributed by atoms with Gasteiger partial charge in [0.25, 0.3) is 10.1 Å². The number of piperidine rings is 2. The molecule has 6 aromatic rings. The molecule has 5 fully saturated rings. The van der Waals surface area contributed by atoms with E-state index in [2.05, 4.69) is 67.4 Å². The van der Waals surface area contributed by atoms with E-state index in [9.17, 15) is 45.3 Å². The van der Waals surface area contributed by atoms with Crippen LogP contribution >= 0.6 is 11.3 Å². The van der Waals surface area contributed by atoms with Gasteiger partial charge in [0.05, 0.1) is 31.8 Å². The van der Waals surface area contributed by atoms with Crippen molar-refractivity contribution < 1.29 is 48.5 Å². The number of aryl methyl sites for hydroxylation is 2. The molecule has 11 rings (SSSR count). The monoisotopic (exact) mass is 1230 g/mol. The van der Waals surface area contributed by atoms with E-state index >= 15 is 0 Å². The lowest BCUT2D eigenvalue weighted by molar-refractivity contribution is -0.126. The summed E-state index contributed by atoms with van der Waals surface area (Å²) >= 11 is 1.06. The number of alkyl halides is 3. The van der Waals surface area contributed by atoms with Gasteiger partial charge in [0.2, 0.25) is 10.0 Å². The lowest BCUT2D eigenvalue weighted by atomic mass is 9.99. The third-order valence-electron chi connectivity index (χ3n) is 16.9. The summed E-state index contributed by atoms with van der Waals surface area (Å²) in [4.78, 5) is 27.9. The van der Waals surface area contributed by atoms with Crippen LogP contribution in [0.4, 0.5) is 23.8 Å². The zero-order chi connectivity index (χ0) is 61.2. The molecule has 1 N–H and O–H groups in total. The molecule has 4 atom stereocenters. The molecule has 0 spiro atoms. The highest BCUT2D eigenvalue weighted by atomic mass is 32.2. The first-order valence-electron chi connectivity index (χ1n) is 28.8. The molecular formula is C60H76F3N11O8S3. The Bertz CT molecular complexity index is 3720. The van der Waals surface area contributed by atoms with Crippen LogP contribution in [0.2, 0.25) is 0 Å². The van der Waals surface area contributed by atoms with Crippen LogP contribution in [-0.4, -0.2) is 157 Å². The van der Waals surface area contributed by atoms with Crippen molar-refractivity contribution in [1.29, 1.82) is 10.5 Å². The van der Waals surface area contributed by atoms with E-state index in [0.717, 1.165) is 138 Å². The Hall–Kier alpha value is -6.32. The number of nitrogens with one attached hydrogen (secondary N) is 1. The van der Waals surface area contributed by atoms with Gasteiger partial charge in [-0.25, -0.2) is 23.2 Å². The molecule has 4 bridgehead atoms. The average molecular weight is 1230 g/mol. The summed E-state index contributed by atoms with van der Waals surface area (Å²) in [6.45, 7) is 20.2. The maximum Gasteiger partial charge on any atom is 0.410 e. The second-order valence-corrected chi connectivity index (χ2v) is 28.6. The van der Waals surface area contributed by atoms with Gasteiger partial charge in [-0.15, -0.1) is 11.3 Å². The Morgan fingerprint density at radius 2 is 1.44 bits per heavy atom. The number of ether oxygens (including phenoxy) is 2. The highest BCUT2D eigenvalue weighted by Gasteiger charge is 2.43. The fraction of sp³-hybridized carbons (Fsp3) is 0.550. The molecule has 4 unspecified atom stereocenters. The topological polar surface area (TPSA) is 221 Å². The third-order valence-corrected chi connectivity index (χ3v) is 20.0. The van der Waals surface area contributed by atoms with Gasteiger partial charge in [-0.2, -0.15) is 36.4 Å². The number of halogens is 3. The number of hydrogen-bond acceptors (Lipinski definition) is 16. The Morgan fingerprint density at radius 1 is 0.824 bits per heavy atom. The van der Waals surface area contributed by atoms with Gasteiger partial charge in [0, 0.05) is 121 Å². The molecule has 2 aromatic carbocycles. The standard InChI is InChI=1S/C34H39F3N8O2S2.C14H16N2O4S.C12H21NO2/c1-3-49(46,47)43-19-25-5-6-26(20-43)44(25)12-13-45-27(17-38)14-29-22(2)23(4-7-31(29)45)18-42-10-8-24(9-11-42)41-32-30-15-28(16-34(35,36)37)48-33(30)40-21-39-32;1-10-12-8-11(9-15)16(6-7-20-21(3,17)18)13(12)4-5-14(10)19-2;1-12(2,3)15-11(14)13-7-9-4-5-10(6-9)8-13/h3-4,7,14-15,21,24-26H,1,5-6,8-13,16,18-20H2,2H3,(H,39,40,41);4-5,8H,6-7H2,1-3H3;9-10H,4-8H2,1-3H3. The van der Waals surface area contributed by atoms with Crippen LogP contribution in [0.5, 0.6) is 5.75 Å². The van der Waals surface area contributed by atoms with E-state index < -0.39 is 32.7 Å². The lowest BCUT2D eigenvalue weighted by Crippen LogP contribution is -2.55. The number of amides is 1. The first kappa shape index (κ1) is 63.2. The number of benzene rings is 2. The van der Waals surface area contributed by atoms with E-state index in [0.29, 0.717) is 47.1 Å². The molecule has 19 nitrogen and oxygen atoms in total. The van der Waals surface area contributed by atoms with E-state index in [4.69, 9.17) is 13.7 Å². The first-order chi connectivity index (χ1) is 40.2. The van der Waals surface area contributed by atoms with E-state index in [-0.39, 0.29) is 47.8 Å². The molecule has 1 saturated carbocycles. The van der Waals surface area contributed by atoms with Gasteiger partial charge < -0.3 is 28.8 Å². The first-order valence-corrected chi connectivity index (χ1v) is 33.0. The molecule has 4 aromatic heterocycles. The van der Waals surface area contributed by atoms with Gasteiger partial charge >= 0.3 is 12.3 Å². The van der Waals surface area contributed by atoms with Gasteiger partial charge in [-0.3, -0.25) is 14.0 Å². The molecule has 0 radical (unpaired) electrons. The summed E-state index contributed by atoms with van der Waals surface area (Å²) in [6, 6.07) is 18.3. The number of rotatable bonds is 15. The van der Waals surface area contributed by atoms with Crippen LogP contribution in [0, 0.1) is 48.3 Å². The van der Waals surface area contributed by atoms with Crippen LogP contribution < -0.4 is 10.1 Å². The fourth-order valence-corrected chi connectivity index (χ4v) is 15.2. The minimum atomic E-state index is -4.27. The maximum atomic E-state index is 13.0. The van der Waals surface area contributed by atoms with Gasteiger partial charge in [0.15, 0.2) is 0 Å². The Labute approximate surface area is 500 Å². The van der Waals surface area contributed by atoms with Crippen molar-refractivity contribution in [2.75, 3.05) is 71.1 Å². The predicted molar refractivity (Wildman–Crippen MR) is 322 cm³/mol. The number of anilines is 1. The molecule has 85 heavy (non-hydrogen) atoms. The highest BCUT2D eigenvalue weighted by Crippen LogP contribution is 2.38.